The molecule has 0 saturated heterocycles. The zero-order valence-electron chi connectivity index (χ0n) is 14.0. The fraction of sp³-hybridized carbons (Fsp3) is 0.250. The standard InChI is InChI=1S/C20H19N3O2/c1-13-10-14-6-2-5-9-18(14)23(12-13)19(24)11-17-15-7-3-4-8-16(15)20(25)22-21-17/h2-9,13H,10-12H2,1H3,(H,22,25). The summed E-state index contributed by atoms with van der Waals surface area (Å²) in [5.41, 5.74) is 2.56. The van der Waals surface area contributed by atoms with Crippen LogP contribution in [-0.2, 0) is 17.6 Å². The van der Waals surface area contributed by atoms with Crippen molar-refractivity contribution in [1.29, 1.82) is 0 Å². The third-order valence-electron chi connectivity index (χ3n) is 4.74. The Kier molecular flexibility index (Phi) is 3.84. The SMILES string of the molecule is CC1Cc2ccccc2N(C(=O)Cc2n[nH]c(=O)c3ccccc23)C1. The van der Waals surface area contributed by atoms with Crippen molar-refractivity contribution in [3.8, 4) is 0 Å². The van der Waals surface area contributed by atoms with Crippen LogP contribution in [0.3, 0.4) is 0 Å². The summed E-state index contributed by atoms with van der Waals surface area (Å²) >= 11 is 0. The zero-order valence-corrected chi connectivity index (χ0v) is 14.0. The number of hydrogen-bond acceptors (Lipinski definition) is 3. The first-order chi connectivity index (χ1) is 12.1. The van der Waals surface area contributed by atoms with Crippen molar-refractivity contribution in [3.05, 3.63) is 70.1 Å². The molecule has 2 heterocycles. The Morgan fingerprint density at radius 1 is 1.16 bits per heavy atom. The number of para-hydroxylation sites is 1. The molecule has 3 aromatic rings. The van der Waals surface area contributed by atoms with Crippen LogP contribution in [0.1, 0.15) is 18.2 Å². The summed E-state index contributed by atoms with van der Waals surface area (Å²) in [6, 6.07) is 15.3. The van der Waals surface area contributed by atoms with Crippen LogP contribution in [-0.4, -0.2) is 22.6 Å². The number of benzene rings is 2. The largest absolute Gasteiger partial charge is 0.312 e. The fourth-order valence-corrected chi connectivity index (χ4v) is 3.58. The van der Waals surface area contributed by atoms with E-state index in [-0.39, 0.29) is 17.9 Å². The zero-order chi connectivity index (χ0) is 17.4. The minimum atomic E-state index is -0.233. The van der Waals surface area contributed by atoms with Crippen molar-refractivity contribution in [2.24, 2.45) is 5.92 Å². The molecule has 5 heteroatoms. The average molecular weight is 333 g/mol. The van der Waals surface area contributed by atoms with Crippen LogP contribution >= 0.6 is 0 Å². The number of rotatable bonds is 2. The molecular formula is C20H19N3O2. The number of carbonyl (C=O) groups is 1. The first-order valence-electron chi connectivity index (χ1n) is 8.48. The summed E-state index contributed by atoms with van der Waals surface area (Å²) in [5, 5.41) is 7.93. The van der Waals surface area contributed by atoms with Crippen molar-refractivity contribution in [2.75, 3.05) is 11.4 Å². The van der Waals surface area contributed by atoms with E-state index in [0.717, 1.165) is 17.5 Å². The van der Waals surface area contributed by atoms with Crippen LogP contribution < -0.4 is 10.5 Å². The number of carbonyl (C=O) groups excluding carboxylic acids is 1. The lowest BCUT2D eigenvalue weighted by molar-refractivity contribution is -0.118. The molecule has 0 saturated carbocycles. The average Bonchev–Trinajstić information content (AvgIpc) is 2.63. The Hall–Kier alpha value is -2.95. The van der Waals surface area contributed by atoms with E-state index in [1.165, 1.54) is 5.56 Å². The lowest BCUT2D eigenvalue weighted by Crippen LogP contribution is -2.40. The maximum atomic E-state index is 13.0. The van der Waals surface area contributed by atoms with Gasteiger partial charge in [0, 0.05) is 17.6 Å². The summed E-state index contributed by atoms with van der Waals surface area (Å²) in [5.74, 6) is 0.419. The molecule has 1 aliphatic rings. The van der Waals surface area contributed by atoms with Crippen molar-refractivity contribution < 1.29 is 4.79 Å². The van der Waals surface area contributed by atoms with Gasteiger partial charge in [-0.15, -0.1) is 0 Å². The minimum absolute atomic E-state index is 0.00343. The second kappa shape index (κ2) is 6.16. The molecule has 0 fully saturated rings. The number of nitrogens with one attached hydrogen (secondary N) is 1. The smallest absolute Gasteiger partial charge is 0.272 e. The molecule has 1 N–H and O–H groups in total. The topological polar surface area (TPSA) is 66.1 Å². The van der Waals surface area contributed by atoms with Crippen LogP contribution in [0.2, 0.25) is 0 Å². The molecule has 1 aromatic heterocycles. The summed E-state index contributed by atoms with van der Waals surface area (Å²) in [6.45, 7) is 2.86. The van der Waals surface area contributed by atoms with Crippen LogP contribution in [0.15, 0.2) is 53.3 Å². The number of hydrogen-bond donors (Lipinski definition) is 1. The minimum Gasteiger partial charge on any atom is -0.312 e. The predicted octanol–water partition coefficient (Wildman–Crippen LogP) is 2.69. The molecular weight excluding hydrogens is 314 g/mol. The van der Waals surface area contributed by atoms with Crippen molar-refractivity contribution in [1.82, 2.24) is 10.2 Å². The molecule has 1 atom stereocenters. The Bertz CT molecular complexity index is 1010. The molecule has 25 heavy (non-hydrogen) atoms. The van der Waals surface area contributed by atoms with Crippen LogP contribution in [0.5, 0.6) is 0 Å². The summed E-state index contributed by atoms with van der Waals surface area (Å²) in [4.78, 5) is 26.8. The third kappa shape index (κ3) is 2.82. The van der Waals surface area contributed by atoms with E-state index in [0.29, 0.717) is 23.5 Å². The van der Waals surface area contributed by atoms with E-state index in [2.05, 4.69) is 23.2 Å². The van der Waals surface area contributed by atoms with E-state index in [1.807, 2.05) is 41.3 Å². The molecule has 126 valence electrons. The quantitative estimate of drug-likeness (QED) is 0.784. The number of anilines is 1. The molecule has 0 radical (unpaired) electrons. The molecule has 0 aliphatic carbocycles. The lowest BCUT2D eigenvalue weighted by atomic mass is 9.93. The second-order valence-electron chi connectivity index (χ2n) is 6.66. The highest BCUT2D eigenvalue weighted by Gasteiger charge is 2.26. The van der Waals surface area contributed by atoms with Gasteiger partial charge in [0.25, 0.3) is 5.56 Å². The fourth-order valence-electron chi connectivity index (χ4n) is 3.58. The maximum Gasteiger partial charge on any atom is 0.272 e. The van der Waals surface area contributed by atoms with Gasteiger partial charge in [-0.25, -0.2) is 5.10 Å². The second-order valence-corrected chi connectivity index (χ2v) is 6.66. The van der Waals surface area contributed by atoms with Gasteiger partial charge in [-0.05, 0) is 30.0 Å². The number of H-pyrrole nitrogens is 1. The van der Waals surface area contributed by atoms with Gasteiger partial charge < -0.3 is 4.90 Å². The molecule has 1 aliphatic heterocycles. The van der Waals surface area contributed by atoms with E-state index in [9.17, 15) is 9.59 Å². The van der Waals surface area contributed by atoms with Gasteiger partial charge in [-0.3, -0.25) is 9.59 Å². The highest BCUT2D eigenvalue weighted by molar-refractivity contribution is 5.98. The highest BCUT2D eigenvalue weighted by Crippen LogP contribution is 2.30. The number of amides is 1. The molecule has 1 unspecified atom stereocenters. The van der Waals surface area contributed by atoms with Crippen LogP contribution in [0.25, 0.3) is 10.8 Å². The van der Waals surface area contributed by atoms with E-state index in [4.69, 9.17) is 0 Å². The van der Waals surface area contributed by atoms with E-state index in [1.54, 1.807) is 6.07 Å². The Balaban J connectivity index is 1.70. The van der Waals surface area contributed by atoms with Crippen LogP contribution in [0, 0.1) is 5.92 Å². The van der Waals surface area contributed by atoms with Gasteiger partial charge >= 0.3 is 0 Å². The van der Waals surface area contributed by atoms with Gasteiger partial charge in [-0.2, -0.15) is 5.10 Å². The Morgan fingerprint density at radius 3 is 2.72 bits per heavy atom. The molecule has 0 spiro atoms. The van der Waals surface area contributed by atoms with Gasteiger partial charge in [-0.1, -0.05) is 43.3 Å². The number of aromatic nitrogens is 2. The third-order valence-corrected chi connectivity index (χ3v) is 4.74. The van der Waals surface area contributed by atoms with Crippen molar-refractivity contribution >= 4 is 22.4 Å². The molecule has 1 amide bonds. The van der Waals surface area contributed by atoms with E-state index >= 15 is 0 Å². The Labute approximate surface area is 145 Å². The number of aromatic amines is 1. The Morgan fingerprint density at radius 2 is 1.88 bits per heavy atom. The van der Waals surface area contributed by atoms with Gasteiger partial charge in [0.2, 0.25) is 5.91 Å². The monoisotopic (exact) mass is 333 g/mol. The normalized spacial score (nSPS) is 16.7. The lowest BCUT2D eigenvalue weighted by Gasteiger charge is -2.33. The first kappa shape index (κ1) is 15.6. The first-order valence-corrected chi connectivity index (χ1v) is 8.48. The summed E-state index contributed by atoms with van der Waals surface area (Å²) < 4.78 is 0. The van der Waals surface area contributed by atoms with Gasteiger partial charge in [0.05, 0.1) is 17.5 Å². The molecule has 0 bridgehead atoms. The van der Waals surface area contributed by atoms with Gasteiger partial charge in [0.1, 0.15) is 0 Å². The predicted molar refractivity (Wildman–Crippen MR) is 97.7 cm³/mol. The highest BCUT2D eigenvalue weighted by atomic mass is 16.2. The van der Waals surface area contributed by atoms with Gasteiger partial charge in [0.15, 0.2) is 0 Å². The van der Waals surface area contributed by atoms with Crippen molar-refractivity contribution in [3.63, 3.8) is 0 Å². The molecule has 5 nitrogen and oxygen atoms in total. The summed E-state index contributed by atoms with van der Waals surface area (Å²) in [6.07, 6.45) is 1.15. The number of fused-ring (bicyclic) bond motifs is 2. The van der Waals surface area contributed by atoms with Crippen LogP contribution in [0.4, 0.5) is 5.69 Å². The molecule has 2 aromatic carbocycles. The maximum absolute atomic E-state index is 13.0. The van der Waals surface area contributed by atoms with Crippen molar-refractivity contribution in [2.45, 2.75) is 19.8 Å². The number of nitrogens with zero attached hydrogens (tertiary/aromatic N) is 2. The molecule has 4 rings (SSSR count). The summed E-state index contributed by atoms with van der Waals surface area (Å²) in [7, 11) is 0. The van der Waals surface area contributed by atoms with E-state index < -0.39 is 0 Å².